The minimum absolute atomic E-state index is 0.000466. The van der Waals surface area contributed by atoms with E-state index in [1.165, 1.54) is 11.8 Å². The maximum Gasteiger partial charge on any atom is 0.229 e. The van der Waals surface area contributed by atoms with Gasteiger partial charge in [-0.25, -0.2) is 0 Å². The standard InChI is InChI=1S/C23H23N3O4S/c1-28-17-7-5-16(6-8-17)25-13-26-22(27)11-18(19(12-24)23(26)31-14-25)15-4-9-20(29-2)21(10-15)30-3/h4-10,18H,11,13-14H2,1-3H3. The number of carbonyl (C=O) groups excluding carboxylic acids is 1. The van der Waals surface area contributed by atoms with Crippen molar-refractivity contribution in [3.05, 3.63) is 58.6 Å². The lowest BCUT2D eigenvalue weighted by molar-refractivity contribution is -0.129. The molecule has 0 N–H and O–H groups in total. The number of hydrogen-bond donors (Lipinski definition) is 0. The molecule has 0 bridgehead atoms. The van der Waals surface area contributed by atoms with Gasteiger partial charge in [-0.2, -0.15) is 5.26 Å². The molecule has 31 heavy (non-hydrogen) atoms. The molecule has 1 atom stereocenters. The van der Waals surface area contributed by atoms with Gasteiger partial charge in [0.1, 0.15) is 5.75 Å². The molecule has 4 rings (SSSR count). The van der Waals surface area contributed by atoms with E-state index in [0.717, 1.165) is 22.0 Å². The zero-order chi connectivity index (χ0) is 22.0. The summed E-state index contributed by atoms with van der Waals surface area (Å²) in [6, 6.07) is 15.7. The average molecular weight is 438 g/mol. The maximum absolute atomic E-state index is 13.1. The van der Waals surface area contributed by atoms with E-state index < -0.39 is 0 Å². The molecule has 2 aromatic rings. The van der Waals surface area contributed by atoms with Crippen LogP contribution in [0.4, 0.5) is 5.69 Å². The van der Waals surface area contributed by atoms with Crippen LogP contribution in [0.2, 0.25) is 0 Å². The zero-order valence-corrected chi connectivity index (χ0v) is 18.4. The second-order valence-corrected chi connectivity index (χ2v) is 8.11. The Hall–Kier alpha value is -3.31. The summed E-state index contributed by atoms with van der Waals surface area (Å²) in [4.78, 5) is 16.9. The van der Waals surface area contributed by atoms with Crippen molar-refractivity contribution in [2.24, 2.45) is 0 Å². The maximum atomic E-state index is 13.1. The molecular weight excluding hydrogens is 414 g/mol. The van der Waals surface area contributed by atoms with Crippen LogP contribution in [0.1, 0.15) is 17.9 Å². The van der Waals surface area contributed by atoms with Crippen LogP contribution in [0.25, 0.3) is 0 Å². The predicted octanol–water partition coefficient (Wildman–Crippen LogP) is 3.93. The second-order valence-electron chi connectivity index (χ2n) is 7.18. The lowest BCUT2D eigenvalue weighted by atomic mass is 9.86. The highest BCUT2D eigenvalue weighted by molar-refractivity contribution is 8.03. The Morgan fingerprint density at radius 3 is 2.42 bits per heavy atom. The molecule has 2 aliphatic heterocycles. The minimum Gasteiger partial charge on any atom is -0.497 e. The predicted molar refractivity (Wildman–Crippen MR) is 119 cm³/mol. The van der Waals surface area contributed by atoms with Crippen molar-refractivity contribution in [3.8, 4) is 23.3 Å². The Morgan fingerprint density at radius 2 is 1.77 bits per heavy atom. The van der Waals surface area contributed by atoms with Crippen LogP contribution in [-0.2, 0) is 4.79 Å². The number of allylic oxidation sites excluding steroid dienone is 1. The molecular formula is C23H23N3O4S. The van der Waals surface area contributed by atoms with Crippen LogP contribution >= 0.6 is 11.8 Å². The number of fused-ring (bicyclic) bond motifs is 1. The Kier molecular flexibility index (Phi) is 5.96. The number of nitriles is 1. The quantitative estimate of drug-likeness (QED) is 0.701. The van der Waals surface area contributed by atoms with E-state index >= 15 is 0 Å². The lowest BCUT2D eigenvalue weighted by Gasteiger charge is -2.42. The summed E-state index contributed by atoms with van der Waals surface area (Å²) in [7, 11) is 4.78. The van der Waals surface area contributed by atoms with Gasteiger partial charge in [-0.15, -0.1) is 0 Å². The summed E-state index contributed by atoms with van der Waals surface area (Å²) in [5, 5.41) is 10.7. The smallest absolute Gasteiger partial charge is 0.229 e. The highest BCUT2D eigenvalue weighted by atomic mass is 32.2. The molecule has 0 aliphatic carbocycles. The topological polar surface area (TPSA) is 75.0 Å². The van der Waals surface area contributed by atoms with E-state index in [4.69, 9.17) is 14.2 Å². The van der Waals surface area contributed by atoms with Crippen molar-refractivity contribution in [1.29, 1.82) is 5.26 Å². The van der Waals surface area contributed by atoms with Gasteiger partial charge >= 0.3 is 0 Å². The molecule has 8 heteroatoms. The van der Waals surface area contributed by atoms with E-state index in [9.17, 15) is 10.1 Å². The summed E-state index contributed by atoms with van der Waals surface area (Å²) >= 11 is 1.51. The number of methoxy groups -OCH3 is 3. The van der Waals surface area contributed by atoms with E-state index in [-0.39, 0.29) is 18.2 Å². The number of carbonyl (C=O) groups is 1. The first-order valence-electron chi connectivity index (χ1n) is 9.78. The van der Waals surface area contributed by atoms with Gasteiger partial charge in [-0.05, 0) is 42.0 Å². The SMILES string of the molecule is COc1ccc(N2CSC3=C(C#N)C(c4ccc(OC)c(OC)c4)CC(=O)N3C2)cc1. The molecule has 1 fully saturated rings. The van der Waals surface area contributed by atoms with Crippen molar-refractivity contribution in [3.63, 3.8) is 0 Å². The van der Waals surface area contributed by atoms with E-state index in [1.54, 1.807) is 26.2 Å². The number of hydrogen-bond acceptors (Lipinski definition) is 7. The van der Waals surface area contributed by atoms with Gasteiger partial charge in [0.25, 0.3) is 0 Å². The minimum atomic E-state index is -0.302. The van der Waals surface area contributed by atoms with E-state index in [1.807, 2.05) is 42.5 Å². The van der Waals surface area contributed by atoms with Gasteiger partial charge in [0.05, 0.1) is 50.5 Å². The van der Waals surface area contributed by atoms with E-state index in [0.29, 0.717) is 29.6 Å². The Labute approximate surface area is 185 Å². The highest BCUT2D eigenvalue weighted by Crippen LogP contribution is 2.44. The summed E-state index contributed by atoms with van der Waals surface area (Å²) in [6.07, 6.45) is 0.235. The second kappa shape index (κ2) is 8.82. The fourth-order valence-electron chi connectivity index (χ4n) is 3.87. The van der Waals surface area contributed by atoms with Gasteiger partial charge in [0.15, 0.2) is 11.5 Å². The molecule has 0 spiro atoms. The Bertz CT molecular complexity index is 1060. The van der Waals surface area contributed by atoms with Crippen LogP contribution in [-0.4, -0.2) is 44.7 Å². The molecule has 0 aromatic heterocycles. The third-order valence-corrected chi connectivity index (χ3v) is 6.70. The summed E-state index contributed by atoms with van der Waals surface area (Å²) in [5.74, 6) is 2.33. The lowest BCUT2D eigenvalue weighted by Crippen LogP contribution is -2.47. The fraction of sp³-hybridized carbons (Fsp3) is 0.304. The van der Waals surface area contributed by atoms with Gasteiger partial charge in [0, 0.05) is 18.0 Å². The first kappa shape index (κ1) is 20.9. The first-order chi connectivity index (χ1) is 15.1. The van der Waals surface area contributed by atoms with Gasteiger partial charge in [-0.3, -0.25) is 9.69 Å². The van der Waals surface area contributed by atoms with Crippen molar-refractivity contribution in [2.75, 3.05) is 38.8 Å². The third kappa shape index (κ3) is 3.89. The summed E-state index contributed by atoms with van der Waals surface area (Å²) in [5.41, 5.74) is 2.49. The fourth-order valence-corrected chi connectivity index (χ4v) is 5.04. The number of ether oxygens (including phenoxy) is 3. The normalized spacial score (nSPS) is 18.4. The number of amides is 1. The van der Waals surface area contributed by atoms with Crippen LogP contribution in [0.15, 0.2) is 53.1 Å². The van der Waals surface area contributed by atoms with Crippen LogP contribution in [0.3, 0.4) is 0 Å². The van der Waals surface area contributed by atoms with Gasteiger partial charge < -0.3 is 19.1 Å². The third-order valence-electron chi connectivity index (χ3n) is 5.54. The zero-order valence-electron chi connectivity index (χ0n) is 17.6. The van der Waals surface area contributed by atoms with Crippen LogP contribution in [0, 0.1) is 11.3 Å². The molecule has 1 unspecified atom stereocenters. The van der Waals surface area contributed by atoms with Crippen LogP contribution in [0.5, 0.6) is 17.2 Å². The molecule has 0 saturated carbocycles. The van der Waals surface area contributed by atoms with Crippen molar-refractivity contribution in [1.82, 2.24) is 4.90 Å². The largest absolute Gasteiger partial charge is 0.497 e. The molecule has 2 aliphatic rings. The molecule has 1 saturated heterocycles. The molecule has 2 heterocycles. The van der Waals surface area contributed by atoms with Crippen molar-refractivity contribution in [2.45, 2.75) is 12.3 Å². The summed E-state index contributed by atoms with van der Waals surface area (Å²) < 4.78 is 15.9. The number of nitrogens with zero attached hydrogens (tertiary/aromatic N) is 3. The molecule has 7 nitrogen and oxygen atoms in total. The van der Waals surface area contributed by atoms with Gasteiger partial charge in [-0.1, -0.05) is 17.8 Å². The monoisotopic (exact) mass is 437 g/mol. The molecule has 1 amide bonds. The van der Waals surface area contributed by atoms with Crippen molar-refractivity contribution < 1.29 is 19.0 Å². The first-order valence-corrected chi connectivity index (χ1v) is 10.8. The number of rotatable bonds is 5. The van der Waals surface area contributed by atoms with Crippen molar-refractivity contribution >= 4 is 23.4 Å². The molecule has 0 radical (unpaired) electrons. The molecule has 2 aromatic carbocycles. The van der Waals surface area contributed by atoms with Gasteiger partial charge in [0.2, 0.25) is 5.91 Å². The molecule has 160 valence electrons. The number of thioether (sulfide) groups is 1. The summed E-state index contributed by atoms with van der Waals surface area (Å²) in [6.45, 7) is 0.414. The number of benzene rings is 2. The van der Waals surface area contributed by atoms with E-state index in [2.05, 4.69) is 11.0 Å². The average Bonchev–Trinajstić information content (AvgIpc) is 2.83. The Balaban J connectivity index is 1.64. The highest BCUT2D eigenvalue weighted by Gasteiger charge is 2.38. The van der Waals surface area contributed by atoms with Crippen LogP contribution < -0.4 is 19.1 Å². The Morgan fingerprint density at radius 1 is 1.03 bits per heavy atom. The number of anilines is 1.